The van der Waals surface area contributed by atoms with E-state index in [4.69, 9.17) is 26.4 Å². The van der Waals surface area contributed by atoms with Crippen LogP contribution in [0.2, 0.25) is 5.02 Å². The Morgan fingerprint density at radius 2 is 1.90 bits per heavy atom. The summed E-state index contributed by atoms with van der Waals surface area (Å²) in [5.41, 5.74) is 1.76. The normalized spacial score (nSPS) is 10.8. The first-order valence-corrected chi connectivity index (χ1v) is 6.60. The van der Waals surface area contributed by atoms with Crippen molar-refractivity contribution in [3.63, 3.8) is 0 Å². The summed E-state index contributed by atoms with van der Waals surface area (Å²) in [7, 11) is 1.41. The average Bonchev–Trinajstić information content (AvgIpc) is 2.52. The first kappa shape index (κ1) is 14.9. The van der Waals surface area contributed by atoms with Gasteiger partial charge in [-0.25, -0.2) is 0 Å². The largest absolute Gasteiger partial charge is 0.489 e. The van der Waals surface area contributed by atoms with Gasteiger partial charge in [0.25, 0.3) is 0 Å². The summed E-state index contributed by atoms with van der Waals surface area (Å²) in [5, 5.41) is 13.5. The van der Waals surface area contributed by atoms with Gasteiger partial charge in [-0.1, -0.05) is 41.0 Å². The molecule has 0 unspecified atom stereocenters. The van der Waals surface area contributed by atoms with Crippen LogP contribution in [-0.4, -0.2) is 12.8 Å². The van der Waals surface area contributed by atoms with E-state index < -0.39 is 0 Å². The second kappa shape index (κ2) is 7.32. The van der Waals surface area contributed by atoms with Gasteiger partial charge in [0.05, 0.1) is 0 Å². The van der Waals surface area contributed by atoms with Crippen LogP contribution in [0.25, 0.3) is 0 Å². The van der Waals surface area contributed by atoms with E-state index in [1.165, 1.54) is 7.11 Å². The zero-order chi connectivity index (χ0) is 15.1. The SMILES string of the molecule is CO/N=C(/C#N)c1ccccc1COc1ccc(Cl)cc1. The van der Waals surface area contributed by atoms with Gasteiger partial charge < -0.3 is 9.57 Å². The minimum Gasteiger partial charge on any atom is -0.489 e. The quantitative estimate of drug-likeness (QED) is 0.623. The highest BCUT2D eigenvalue weighted by Gasteiger charge is 2.10. The second-order valence-corrected chi connectivity index (χ2v) is 4.57. The van der Waals surface area contributed by atoms with Crippen molar-refractivity contribution in [3.05, 3.63) is 64.7 Å². The number of benzene rings is 2. The van der Waals surface area contributed by atoms with Gasteiger partial charge in [0, 0.05) is 10.6 Å². The molecule has 0 fully saturated rings. The van der Waals surface area contributed by atoms with Crippen LogP contribution in [0.4, 0.5) is 0 Å². The number of ether oxygens (including phenoxy) is 1. The van der Waals surface area contributed by atoms with Crippen molar-refractivity contribution in [2.75, 3.05) is 7.11 Å². The molecule has 0 saturated carbocycles. The summed E-state index contributed by atoms with van der Waals surface area (Å²) < 4.78 is 5.70. The molecule has 106 valence electrons. The lowest BCUT2D eigenvalue weighted by atomic mass is 10.0. The fourth-order valence-electron chi connectivity index (χ4n) is 1.79. The molecule has 0 atom stereocenters. The van der Waals surface area contributed by atoms with E-state index in [-0.39, 0.29) is 5.71 Å². The average molecular weight is 301 g/mol. The molecule has 0 aliphatic rings. The number of hydrogen-bond acceptors (Lipinski definition) is 4. The highest BCUT2D eigenvalue weighted by molar-refractivity contribution is 6.30. The van der Waals surface area contributed by atoms with Crippen LogP contribution in [0.15, 0.2) is 53.7 Å². The maximum Gasteiger partial charge on any atom is 0.187 e. The molecule has 0 N–H and O–H groups in total. The zero-order valence-corrected chi connectivity index (χ0v) is 12.2. The minimum absolute atomic E-state index is 0.216. The van der Waals surface area contributed by atoms with E-state index >= 15 is 0 Å². The topological polar surface area (TPSA) is 54.6 Å². The number of nitriles is 1. The van der Waals surface area contributed by atoms with E-state index in [9.17, 15) is 0 Å². The van der Waals surface area contributed by atoms with Crippen LogP contribution in [0.3, 0.4) is 0 Å². The Bertz CT molecular complexity index is 675. The third kappa shape index (κ3) is 3.98. The Kier molecular flexibility index (Phi) is 5.19. The smallest absolute Gasteiger partial charge is 0.187 e. The third-order valence-corrected chi connectivity index (χ3v) is 3.02. The Balaban J connectivity index is 2.19. The van der Waals surface area contributed by atoms with E-state index in [1.54, 1.807) is 24.3 Å². The maximum atomic E-state index is 9.13. The molecule has 0 spiro atoms. The van der Waals surface area contributed by atoms with Crippen molar-refractivity contribution in [1.29, 1.82) is 5.26 Å². The summed E-state index contributed by atoms with van der Waals surface area (Å²) in [5.74, 6) is 0.705. The van der Waals surface area contributed by atoms with E-state index in [2.05, 4.69) is 5.16 Å². The number of nitrogens with zero attached hydrogens (tertiary/aromatic N) is 2. The van der Waals surface area contributed by atoms with Gasteiger partial charge in [0.2, 0.25) is 0 Å². The van der Waals surface area contributed by atoms with Crippen LogP contribution < -0.4 is 4.74 Å². The Morgan fingerprint density at radius 3 is 2.57 bits per heavy atom. The lowest BCUT2D eigenvalue weighted by Gasteiger charge is -2.09. The Hall–Kier alpha value is -2.51. The molecular formula is C16H13ClN2O2. The standard InChI is InChI=1S/C16H13ClN2O2/c1-20-19-16(10-18)15-5-3-2-4-12(15)11-21-14-8-6-13(17)7-9-14/h2-9H,11H2,1H3/b19-16-. The van der Waals surface area contributed by atoms with E-state index in [0.29, 0.717) is 22.9 Å². The molecule has 0 bridgehead atoms. The molecule has 21 heavy (non-hydrogen) atoms. The lowest BCUT2D eigenvalue weighted by Crippen LogP contribution is -2.06. The summed E-state index contributed by atoms with van der Waals surface area (Å²) in [6.07, 6.45) is 0. The molecule has 2 aromatic carbocycles. The predicted octanol–water partition coefficient (Wildman–Crippen LogP) is 3.79. The monoisotopic (exact) mass is 300 g/mol. The Morgan fingerprint density at radius 1 is 1.19 bits per heavy atom. The first-order chi connectivity index (χ1) is 10.2. The van der Waals surface area contributed by atoms with Gasteiger partial charge in [-0.2, -0.15) is 5.26 Å². The fourth-order valence-corrected chi connectivity index (χ4v) is 1.92. The number of oxime groups is 1. The molecule has 4 nitrogen and oxygen atoms in total. The van der Waals surface area contributed by atoms with Crippen molar-refractivity contribution in [2.45, 2.75) is 6.61 Å². The van der Waals surface area contributed by atoms with Crippen LogP contribution in [-0.2, 0) is 11.4 Å². The van der Waals surface area contributed by atoms with Crippen LogP contribution >= 0.6 is 11.6 Å². The maximum absolute atomic E-state index is 9.13. The van der Waals surface area contributed by atoms with E-state index in [0.717, 1.165) is 5.56 Å². The number of hydrogen-bond donors (Lipinski definition) is 0. The van der Waals surface area contributed by atoms with Gasteiger partial charge in [0.15, 0.2) is 5.71 Å². The fraction of sp³-hybridized carbons (Fsp3) is 0.125. The van der Waals surface area contributed by atoms with Crippen molar-refractivity contribution >= 4 is 17.3 Å². The number of rotatable bonds is 5. The molecular weight excluding hydrogens is 288 g/mol. The van der Waals surface area contributed by atoms with Crippen molar-refractivity contribution in [1.82, 2.24) is 0 Å². The van der Waals surface area contributed by atoms with Crippen molar-refractivity contribution < 1.29 is 9.57 Å². The first-order valence-electron chi connectivity index (χ1n) is 6.22. The van der Waals surface area contributed by atoms with Gasteiger partial charge in [-0.15, -0.1) is 0 Å². The molecule has 2 rings (SSSR count). The Labute approximate surface area is 128 Å². The van der Waals surface area contributed by atoms with Crippen molar-refractivity contribution in [3.8, 4) is 11.8 Å². The molecule has 0 aliphatic heterocycles. The van der Waals surface area contributed by atoms with Gasteiger partial charge in [-0.3, -0.25) is 0 Å². The van der Waals surface area contributed by atoms with Crippen molar-refractivity contribution in [2.24, 2.45) is 5.16 Å². The summed E-state index contributed by atoms with van der Waals surface area (Å²) in [4.78, 5) is 4.69. The zero-order valence-electron chi connectivity index (χ0n) is 11.4. The van der Waals surface area contributed by atoms with Gasteiger partial charge in [-0.05, 0) is 29.8 Å². The second-order valence-electron chi connectivity index (χ2n) is 4.13. The summed E-state index contributed by atoms with van der Waals surface area (Å²) in [6, 6.07) is 16.5. The molecule has 0 radical (unpaired) electrons. The summed E-state index contributed by atoms with van der Waals surface area (Å²) >= 11 is 5.83. The minimum atomic E-state index is 0.216. The van der Waals surface area contributed by atoms with E-state index in [1.807, 2.05) is 30.3 Å². The predicted molar refractivity (Wildman–Crippen MR) is 81.4 cm³/mol. The van der Waals surface area contributed by atoms with Crippen LogP contribution in [0, 0.1) is 11.3 Å². The molecule has 5 heteroatoms. The summed E-state index contributed by atoms with van der Waals surface area (Å²) in [6.45, 7) is 0.322. The van der Waals surface area contributed by atoms with Crippen LogP contribution in [0.5, 0.6) is 5.75 Å². The third-order valence-electron chi connectivity index (χ3n) is 2.77. The highest BCUT2D eigenvalue weighted by atomic mass is 35.5. The molecule has 0 aromatic heterocycles. The molecule has 0 heterocycles. The van der Waals surface area contributed by atoms with Gasteiger partial charge in [0.1, 0.15) is 25.5 Å². The van der Waals surface area contributed by atoms with Crippen LogP contribution in [0.1, 0.15) is 11.1 Å². The highest BCUT2D eigenvalue weighted by Crippen LogP contribution is 2.18. The molecule has 0 aliphatic carbocycles. The molecule has 2 aromatic rings. The molecule has 0 amide bonds. The van der Waals surface area contributed by atoms with Gasteiger partial charge >= 0.3 is 0 Å². The number of halogens is 1. The molecule has 0 saturated heterocycles. The lowest BCUT2D eigenvalue weighted by molar-refractivity contribution is 0.214.